The van der Waals surface area contributed by atoms with Crippen LogP contribution in [0.25, 0.3) is 0 Å². The van der Waals surface area contributed by atoms with Crippen LogP contribution in [0.15, 0.2) is 46.0 Å². The minimum atomic E-state index is -3.45. The Balaban J connectivity index is 1.38. The number of thiophene rings is 1. The van der Waals surface area contributed by atoms with Crippen molar-refractivity contribution in [2.45, 2.75) is 23.5 Å². The van der Waals surface area contributed by atoms with Gasteiger partial charge in [0.15, 0.2) is 0 Å². The summed E-state index contributed by atoms with van der Waals surface area (Å²) < 4.78 is 32.0. The molecule has 8 heteroatoms. The van der Waals surface area contributed by atoms with E-state index in [9.17, 15) is 13.2 Å². The molecule has 2 aromatic rings. The summed E-state index contributed by atoms with van der Waals surface area (Å²) in [4.78, 5) is 12.1. The fourth-order valence-corrected chi connectivity index (χ4v) is 5.43. The van der Waals surface area contributed by atoms with Gasteiger partial charge in [-0.2, -0.15) is 0 Å². The Labute approximate surface area is 164 Å². The molecule has 3 rings (SSSR count). The van der Waals surface area contributed by atoms with E-state index in [0.29, 0.717) is 36.7 Å². The first-order chi connectivity index (χ1) is 13.0. The van der Waals surface area contributed by atoms with Crippen molar-refractivity contribution >= 4 is 27.3 Å². The maximum Gasteiger partial charge on any atom is 0.252 e. The quantitative estimate of drug-likeness (QED) is 0.728. The second-order valence-electron chi connectivity index (χ2n) is 6.66. The van der Waals surface area contributed by atoms with E-state index in [1.807, 2.05) is 24.3 Å². The third-order valence-electron chi connectivity index (χ3n) is 4.58. The first kappa shape index (κ1) is 19.9. The normalized spacial score (nSPS) is 16.6. The van der Waals surface area contributed by atoms with Crippen molar-refractivity contribution in [3.63, 3.8) is 0 Å². The average Bonchev–Trinajstić information content (AvgIpc) is 3.21. The van der Waals surface area contributed by atoms with Crippen LogP contribution in [0.4, 0.5) is 0 Å². The molecule has 0 aliphatic carbocycles. The van der Waals surface area contributed by atoms with Gasteiger partial charge in [-0.25, -0.2) is 12.7 Å². The number of hydrogen-bond donors (Lipinski definition) is 1. The van der Waals surface area contributed by atoms with Crippen molar-refractivity contribution in [3.05, 3.63) is 47.3 Å². The molecule has 1 aliphatic rings. The molecule has 0 saturated heterocycles. The highest BCUT2D eigenvalue weighted by molar-refractivity contribution is 7.91. The van der Waals surface area contributed by atoms with E-state index in [0.717, 1.165) is 12.2 Å². The van der Waals surface area contributed by atoms with E-state index in [2.05, 4.69) is 5.32 Å². The molecule has 0 spiro atoms. The number of nitrogens with zero attached hydrogens (tertiary/aromatic N) is 1. The smallest absolute Gasteiger partial charge is 0.252 e. The van der Waals surface area contributed by atoms with E-state index in [-0.39, 0.29) is 11.8 Å². The Morgan fingerprint density at radius 3 is 2.89 bits per heavy atom. The van der Waals surface area contributed by atoms with Gasteiger partial charge in [-0.15, -0.1) is 11.3 Å². The van der Waals surface area contributed by atoms with Gasteiger partial charge in [0.05, 0.1) is 6.61 Å². The molecule has 1 atom stereocenters. The Hall–Kier alpha value is -1.90. The van der Waals surface area contributed by atoms with Crippen LogP contribution in [-0.4, -0.2) is 45.4 Å². The highest BCUT2D eigenvalue weighted by Gasteiger charge is 2.22. The first-order valence-corrected chi connectivity index (χ1v) is 11.3. The molecule has 1 aromatic heterocycles. The topological polar surface area (TPSA) is 75.7 Å². The zero-order valence-corrected chi connectivity index (χ0v) is 16.9. The second-order valence-corrected chi connectivity index (χ2v) is 9.87. The molecule has 1 amide bonds. The van der Waals surface area contributed by atoms with E-state index >= 15 is 0 Å². The van der Waals surface area contributed by atoms with Crippen molar-refractivity contribution in [2.24, 2.45) is 5.92 Å². The molecular weight excluding hydrogens is 384 g/mol. The van der Waals surface area contributed by atoms with Gasteiger partial charge in [-0.05, 0) is 35.9 Å². The predicted molar refractivity (Wildman–Crippen MR) is 106 cm³/mol. The van der Waals surface area contributed by atoms with E-state index in [4.69, 9.17) is 4.74 Å². The van der Waals surface area contributed by atoms with Crippen LogP contribution in [0, 0.1) is 5.92 Å². The summed E-state index contributed by atoms with van der Waals surface area (Å²) in [6, 6.07) is 11.3. The lowest BCUT2D eigenvalue weighted by Crippen LogP contribution is -2.35. The van der Waals surface area contributed by atoms with Crippen LogP contribution in [-0.2, 0) is 21.2 Å². The molecule has 1 aromatic carbocycles. The number of carbonyl (C=O) groups is 1. The average molecular weight is 409 g/mol. The number of ether oxygens (including phenoxy) is 1. The number of carbonyl (C=O) groups excluding carboxylic acids is 1. The predicted octanol–water partition coefficient (Wildman–Crippen LogP) is 2.52. The lowest BCUT2D eigenvalue weighted by atomic mass is 9.97. The molecule has 6 nitrogen and oxygen atoms in total. The summed E-state index contributed by atoms with van der Waals surface area (Å²) >= 11 is 1.20. The molecule has 0 saturated carbocycles. The Morgan fingerprint density at radius 2 is 2.11 bits per heavy atom. The molecule has 2 heterocycles. The lowest BCUT2D eigenvalue weighted by Gasteiger charge is -2.25. The molecule has 1 aliphatic heterocycles. The molecule has 0 fully saturated rings. The van der Waals surface area contributed by atoms with Crippen LogP contribution >= 0.6 is 11.3 Å². The molecule has 0 radical (unpaired) electrons. The first-order valence-electron chi connectivity index (χ1n) is 8.94. The van der Waals surface area contributed by atoms with Crippen molar-refractivity contribution in [2.75, 3.05) is 26.7 Å². The number of sulfonamides is 1. The minimum Gasteiger partial charge on any atom is -0.493 e. The number of fused-ring (bicyclic) bond motifs is 1. The third-order valence-corrected chi connectivity index (χ3v) is 7.81. The van der Waals surface area contributed by atoms with Crippen molar-refractivity contribution in [1.29, 1.82) is 0 Å². The molecular formula is C19H24N2O4S2. The number of benzene rings is 1. The monoisotopic (exact) mass is 408 g/mol. The van der Waals surface area contributed by atoms with Crippen LogP contribution in [0.1, 0.15) is 18.4 Å². The molecule has 27 heavy (non-hydrogen) atoms. The van der Waals surface area contributed by atoms with E-state index in [1.165, 1.54) is 21.2 Å². The number of nitrogens with one attached hydrogen (secondary N) is 1. The zero-order chi connectivity index (χ0) is 19.3. The SMILES string of the molecule is CN(CCCC(=O)NCC1COc2ccccc2C1)S(=O)(=O)c1cccs1. The zero-order valence-electron chi connectivity index (χ0n) is 15.3. The van der Waals surface area contributed by atoms with Gasteiger partial charge in [0, 0.05) is 32.5 Å². The Kier molecular flexibility index (Phi) is 6.51. The highest BCUT2D eigenvalue weighted by Crippen LogP contribution is 2.26. The molecule has 0 bridgehead atoms. The van der Waals surface area contributed by atoms with Crippen LogP contribution in [0.2, 0.25) is 0 Å². The fourth-order valence-electron chi connectivity index (χ4n) is 3.01. The van der Waals surface area contributed by atoms with Crippen molar-refractivity contribution < 1.29 is 17.9 Å². The van der Waals surface area contributed by atoms with Crippen LogP contribution < -0.4 is 10.1 Å². The summed E-state index contributed by atoms with van der Waals surface area (Å²) in [5.74, 6) is 1.12. The summed E-state index contributed by atoms with van der Waals surface area (Å²) in [6.07, 6.45) is 1.67. The maximum absolute atomic E-state index is 12.3. The summed E-state index contributed by atoms with van der Waals surface area (Å²) in [5, 5.41) is 4.68. The standard InChI is InChI=1S/C19H24N2O4S2/c1-21(27(23,24)19-9-5-11-26-19)10-4-8-18(22)20-13-15-12-16-6-2-3-7-17(16)25-14-15/h2-3,5-7,9,11,15H,4,8,10,12-14H2,1H3,(H,20,22). The molecule has 1 N–H and O–H groups in total. The summed E-state index contributed by atoms with van der Waals surface area (Å²) in [6.45, 7) is 1.48. The van der Waals surface area contributed by atoms with Gasteiger partial charge in [0.25, 0.3) is 10.0 Å². The Morgan fingerprint density at radius 1 is 1.30 bits per heavy atom. The number of para-hydroxylation sites is 1. The van der Waals surface area contributed by atoms with E-state index in [1.54, 1.807) is 24.6 Å². The number of rotatable bonds is 8. The van der Waals surface area contributed by atoms with E-state index < -0.39 is 10.0 Å². The summed E-state index contributed by atoms with van der Waals surface area (Å²) in [5.41, 5.74) is 1.17. The van der Waals surface area contributed by atoms with Gasteiger partial charge >= 0.3 is 0 Å². The van der Waals surface area contributed by atoms with Crippen molar-refractivity contribution in [3.8, 4) is 5.75 Å². The van der Waals surface area contributed by atoms with Crippen LogP contribution in [0.5, 0.6) is 5.75 Å². The lowest BCUT2D eigenvalue weighted by molar-refractivity contribution is -0.121. The van der Waals surface area contributed by atoms with Gasteiger partial charge < -0.3 is 10.1 Å². The number of hydrogen-bond acceptors (Lipinski definition) is 5. The fraction of sp³-hybridized carbons (Fsp3) is 0.421. The highest BCUT2D eigenvalue weighted by atomic mass is 32.2. The van der Waals surface area contributed by atoms with Crippen molar-refractivity contribution in [1.82, 2.24) is 9.62 Å². The largest absolute Gasteiger partial charge is 0.493 e. The van der Waals surface area contributed by atoms with Gasteiger partial charge in [0.1, 0.15) is 9.96 Å². The van der Waals surface area contributed by atoms with Crippen LogP contribution in [0.3, 0.4) is 0 Å². The third kappa shape index (κ3) is 5.09. The van der Waals surface area contributed by atoms with Gasteiger partial charge in [0.2, 0.25) is 5.91 Å². The second kappa shape index (κ2) is 8.86. The molecule has 146 valence electrons. The van der Waals surface area contributed by atoms with Gasteiger partial charge in [-0.1, -0.05) is 24.3 Å². The number of amides is 1. The Bertz CT molecular complexity index is 866. The van der Waals surface area contributed by atoms with Gasteiger partial charge in [-0.3, -0.25) is 4.79 Å². The molecule has 1 unspecified atom stereocenters. The summed E-state index contributed by atoms with van der Waals surface area (Å²) in [7, 11) is -1.90. The minimum absolute atomic E-state index is 0.0595. The maximum atomic E-state index is 12.3.